The summed E-state index contributed by atoms with van der Waals surface area (Å²) < 4.78 is 11.6. The van der Waals surface area contributed by atoms with Gasteiger partial charge in [0.1, 0.15) is 5.75 Å². The Labute approximate surface area is 227 Å². The van der Waals surface area contributed by atoms with Gasteiger partial charge in [0.25, 0.3) is 5.91 Å². The van der Waals surface area contributed by atoms with Crippen LogP contribution in [0.15, 0.2) is 72.8 Å². The molecule has 0 saturated carbocycles. The molecule has 39 heavy (non-hydrogen) atoms. The lowest BCUT2D eigenvalue weighted by Gasteiger charge is -2.35. The first-order valence-electron chi connectivity index (χ1n) is 13.0. The van der Waals surface area contributed by atoms with Crippen molar-refractivity contribution in [3.8, 4) is 11.5 Å². The fourth-order valence-electron chi connectivity index (χ4n) is 4.40. The first-order valence-corrected chi connectivity index (χ1v) is 13.0. The number of fused-ring (bicyclic) bond motifs is 1. The molecule has 1 amide bonds. The molecular weight excluding hydrogens is 500 g/mol. The van der Waals surface area contributed by atoms with Crippen LogP contribution in [0.2, 0.25) is 0 Å². The zero-order valence-electron chi connectivity index (χ0n) is 21.5. The van der Waals surface area contributed by atoms with E-state index in [4.69, 9.17) is 14.6 Å². The van der Waals surface area contributed by atoms with Gasteiger partial charge < -0.3 is 29.9 Å². The van der Waals surface area contributed by atoms with E-state index in [0.717, 1.165) is 19.3 Å². The second kappa shape index (κ2) is 13.3. The van der Waals surface area contributed by atoms with Crippen LogP contribution in [0.4, 0.5) is 11.4 Å². The number of hydrogen-bond donors (Lipinski definition) is 3. The summed E-state index contributed by atoms with van der Waals surface area (Å²) in [5.74, 6) is -1.51. The molecule has 3 N–H and O–H groups in total. The zero-order chi connectivity index (χ0) is 27.6. The van der Waals surface area contributed by atoms with E-state index >= 15 is 0 Å². The Morgan fingerprint density at radius 1 is 0.923 bits per heavy atom. The number of unbranched alkanes of at least 4 members (excludes halogenated alkanes) is 1. The fourth-order valence-corrected chi connectivity index (χ4v) is 4.40. The van der Waals surface area contributed by atoms with Crippen LogP contribution in [0.5, 0.6) is 11.5 Å². The van der Waals surface area contributed by atoms with E-state index in [1.165, 1.54) is 5.56 Å². The molecule has 0 fully saturated rings. The Balaban J connectivity index is 1.35. The number of para-hydroxylation sites is 1. The van der Waals surface area contributed by atoms with Crippen LogP contribution in [0.25, 0.3) is 0 Å². The highest BCUT2D eigenvalue weighted by atomic mass is 16.5. The van der Waals surface area contributed by atoms with E-state index in [2.05, 4.69) is 17.4 Å². The Kier molecular flexibility index (Phi) is 9.39. The van der Waals surface area contributed by atoms with Gasteiger partial charge in [0.05, 0.1) is 24.5 Å². The van der Waals surface area contributed by atoms with Crippen molar-refractivity contribution in [3.05, 3.63) is 83.9 Å². The lowest BCUT2D eigenvalue weighted by molar-refractivity contribution is -0.145. The first-order chi connectivity index (χ1) is 18.9. The number of carboxylic acid groups (broad SMARTS) is 2. The Bertz CT molecular complexity index is 1280. The number of hydrogen-bond acceptors (Lipinski definition) is 6. The summed E-state index contributed by atoms with van der Waals surface area (Å²) in [7, 11) is 0. The minimum Gasteiger partial charge on any atom is -0.494 e. The number of carbonyl (C=O) groups is 3. The molecule has 3 aromatic carbocycles. The summed E-state index contributed by atoms with van der Waals surface area (Å²) in [5.41, 5.74) is 2.66. The van der Waals surface area contributed by atoms with E-state index in [1.54, 1.807) is 47.4 Å². The molecule has 0 unspecified atom stereocenters. The van der Waals surface area contributed by atoms with Gasteiger partial charge in [0.15, 0.2) is 5.75 Å². The highest BCUT2D eigenvalue weighted by Gasteiger charge is 2.32. The largest absolute Gasteiger partial charge is 0.494 e. The maximum atomic E-state index is 13.0. The first kappa shape index (κ1) is 27.5. The zero-order valence-corrected chi connectivity index (χ0v) is 21.5. The van der Waals surface area contributed by atoms with E-state index in [1.807, 2.05) is 18.2 Å². The fraction of sp³-hybridized carbons (Fsp3) is 0.300. The van der Waals surface area contributed by atoms with Crippen molar-refractivity contribution in [2.45, 2.75) is 38.2 Å². The predicted octanol–water partition coefficient (Wildman–Crippen LogP) is 4.86. The van der Waals surface area contributed by atoms with E-state index < -0.39 is 18.0 Å². The van der Waals surface area contributed by atoms with Crippen molar-refractivity contribution in [2.75, 3.05) is 29.9 Å². The van der Waals surface area contributed by atoms with Gasteiger partial charge in [-0.1, -0.05) is 36.4 Å². The molecule has 1 aliphatic heterocycles. The van der Waals surface area contributed by atoms with Crippen LogP contribution in [0, 0.1) is 0 Å². The minimum absolute atomic E-state index is 0.0335. The Morgan fingerprint density at radius 2 is 1.69 bits per heavy atom. The Hall–Kier alpha value is -4.53. The van der Waals surface area contributed by atoms with Gasteiger partial charge in [-0.2, -0.15) is 0 Å². The van der Waals surface area contributed by atoms with Gasteiger partial charge >= 0.3 is 11.9 Å². The molecule has 1 heterocycles. The van der Waals surface area contributed by atoms with Gasteiger partial charge in [0.2, 0.25) is 6.10 Å². The maximum absolute atomic E-state index is 13.0. The molecule has 0 saturated heterocycles. The molecule has 3 aromatic rings. The number of nitrogens with zero attached hydrogens (tertiary/aromatic N) is 1. The predicted molar refractivity (Wildman–Crippen MR) is 147 cm³/mol. The quantitative estimate of drug-likeness (QED) is 0.267. The van der Waals surface area contributed by atoms with E-state index in [-0.39, 0.29) is 24.6 Å². The van der Waals surface area contributed by atoms with Crippen LogP contribution in [0.1, 0.15) is 41.6 Å². The van der Waals surface area contributed by atoms with Gasteiger partial charge in [-0.05, 0) is 67.6 Å². The standard InChI is InChI=1S/C30H32N2O7/c33-27(34)13-7-18-32-20-26(30(36)37)39-28-24(11-6-12-25(28)32)31-29(35)22-14-16-23(17-15-22)38-19-5-4-10-21-8-2-1-3-9-21/h1-3,6,8-9,11-12,14-17,26H,4-5,7,10,13,18-20H2,(H,31,35)(H,33,34)(H,36,37)/t26-/m1/s1. The molecule has 1 aliphatic rings. The lowest BCUT2D eigenvalue weighted by atomic mass is 10.1. The van der Waals surface area contributed by atoms with Crippen molar-refractivity contribution in [3.63, 3.8) is 0 Å². The molecule has 9 nitrogen and oxygen atoms in total. The van der Waals surface area contributed by atoms with Gasteiger partial charge in [-0.25, -0.2) is 4.79 Å². The summed E-state index contributed by atoms with van der Waals surface area (Å²) in [6.45, 7) is 1.00. The number of ether oxygens (including phenoxy) is 2. The molecule has 9 heteroatoms. The molecular formula is C30H32N2O7. The summed E-state index contributed by atoms with van der Waals surface area (Å²) in [6.07, 6.45) is 2.11. The molecule has 0 bridgehead atoms. The van der Waals surface area contributed by atoms with Crippen LogP contribution in [-0.2, 0) is 16.0 Å². The number of aliphatic carboxylic acids is 2. The van der Waals surface area contributed by atoms with E-state index in [0.29, 0.717) is 42.3 Å². The third kappa shape index (κ3) is 7.73. The van der Waals surface area contributed by atoms with Crippen LogP contribution in [-0.4, -0.2) is 53.9 Å². The lowest BCUT2D eigenvalue weighted by Crippen LogP contribution is -2.45. The van der Waals surface area contributed by atoms with Crippen molar-refractivity contribution >= 4 is 29.2 Å². The topological polar surface area (TPSA) is 125 Å². The Morgan fingerprint density at radius 3 is 2.41 bits per heavy atom. The number of benzene rings is 3. The third-order valence-corrected chi connectivity index (χ3v) is 6.41. The van der Waals surface area contributed by atoms with Crippen molar-refractivity contribution in [2.24, 2.45) is 0 Å². The number of anilines is 2. The van der Waals surface area contributed by atoms with Gasteiger partial charge in [-0.15, -0.1) is 0 Å². The van der Waals surface area contributed by atoms with E-state index in [9.17, 15) is 19.5 Å². The highest BCUT2D eigenvalue weighted by Crippen LogP contribution is 2.40. The molecule has 1 atom stereocenters. The van der Waals surface area contributed by atoms with Crippen molar-refractivity contribution in [1.29, 1.82) is 0 Å². The average molecular weight is 533 g/mol. The summed E-state index contributed by atoms with van der Waals surface area (Å²) in [5, 5.41) is 21.3. The average Bonchev–Trinajstić information content (AvgIpc) is 2.93. The molecule has 0 aliphatic carbocycles. The molecule has 0 spiro atoms. The number of amides is 1. The van der Waals surface area contributed by atoms with Gasteiger partial charge in [-0.3, -0.25) is 9.59 Å². The van der Waals surface area contributed by atoms with Gasteiger partial charge in [0, 0.05) is 18.5 Å². The third-order valence-electron chi connectivity index (χ3n) is 6.41. The number of aryl methyl sites for hydroxylation is 1. The minimum atomic E-state index is -1.15. The summed E-state index contributed by atoms with van der Waals surface area (Å²) in [6, 6.07) is 22.3. The highest BCUT2D eigenvalue weighted by molar-refractivity contribution is 6.05. The number of carbonyl (C=O) groups excluding carboxylic acids is 1. The van der Waals surface area contributed by atoms with Crippen LogP contribution >= 0.6 is 0 Å². The van der Waals surface area contributed by atoms with Crippen LogP contribution < -0.4 is 19.7 Å². The number of rotatable bonds is 13. The molecule has 204 valence electrons. The number of carboxylic acids is 2. The normalized spacial score (nSPS) is 14.2. The second-order valence-electron chi connectivity index (χ2n) is 9.31. The van der Waals surface area contributed by atoms with Crippen molar-refractivity contribution in [1.82, 2.24) is 0 Å². The second-order valence-corrected chi connectivity index (χ2v) is 9.31. The molecule has 0 aromatic heterocycles. The molecule has 4 rings (SSSR count). The molecule has 0 radical (unpaired) electrons. The monoisotopic (exact) mass is 532 g/mol. The maximum Gasteiger partial charge on any atom is 0.346 e. The summed E-state index contributed by atoms with van der Waals surface area (Å²) in [4.78, 5) is 37.4. The smallest absolute Gasteiger partial charge is 0.346 e. The summed E-state index contributed by atoms with van der Waals surface area (Å²) >= 11 is 0. The number of nitrogens with one attached hydrogen (secondary N) is 1. The van der Waals surface area contributed by atoms with Crippen molar-refractivity contribution < 1.29 is 34.1 Å². The SMILES string of the molecule is O=C(O)CCCN1C[C@H](C(=O)O)Oc2c(NC(=O)c3ccc(OCCCCc4ccccc4)cc3)cccc21. The van der Waals surface area contributed by atoms with Crippen LogP contribution in [0.3, 0.4) is 0 Å².